The van der Waals surface area contributed by atoms with Gasteiger partial charge < -0.3 is 14.5 Å². The first-order valence-electron chi connectivity index (χ1n) is 3.97. The van der Waals surface area contributed by atoms with Gasteiger partial charge in [-0.15, -0.1) is 0 Å². The van der Waals surface area contributed by atoms with E-state index >= 15 is 0 Å². The van der Waals surface area contributed by atoms with Crippen LogP contribution in [0.25, 0.3) is 0 Å². The Labute approximate surface area is 72.4 Å². The highest BCUT2D eigenvalue weighted by atomic mass is 16.6. The van der Waals surface area contributed by atoms with Crippen LogP contribution < -0.4 is 0 Å². The molecule has 1 heterocycles. The van der Waals surface area contributed by atoms with Crippen molar-refractivity contribution in [1.29, 1.82) is 0 Å². The zero-order valence-corrected chi connectivity index (χ0v) is 7.65. The molecular formula is C8H14N2O2. The zero-order valence-electron chi connectivity index (χ0n) is 7.65. The number of carbonyl (C=O) groups excluding carboxylic acids is 1. The standard InChI is InChI=1S/C8H14N2O2/c1-4-7(11)12-8-9(2)5-6-10(8)3/h5-6,8H,4H2,1-3H3. The molecule has 0 bridgehead atoms. The van der Waals surface area contributed by atoms with E-state index in [1.54, 1.807) is 6.92 Å². The van der Waals surface area contributed by atoms with Crippen LogP contribution in [0.3, 0.4) is 0 Å². The van der Waals surface area contributed by atoms with E-state index in [0.29, 0.717) is 6.42 Å². The number of nitrogens with zero attached hydrogens (tertiary/aromatic N) is 2. The summed E-state index contributed by atoms with van der Waals surface area (Å²) in [5.74, 6) is -0.178. The van der Waals surface area contributed by atoms with E-state index in [1.807, 2.05) is 36.3 Å². The highest BCUT2D eigenvalue weighted by molar-refractivity contribution is 5.69. The Morgan fingerprint density at radius 1 is 1.42 bits per heavy atom. The average molecular weight is 170 g/mol. The molecule has 0 aromatic heterocycles. The summed E-state index contributed by atoms with van der Waals surface area (Å²) in [6, 6.07) is 0. The van der Waals surface area contributed by atoms with Crippen molar-refractivity contribution in [3.8, 4) is 0 Å². The molecule has 0 radical (unpaired) electrons. The van der Waals surface area contributed by atoms with Gasteiger partial charge in [0.1, 0.15) is 0 Å². The Hall–Kier alpha value is -1.19. The first-order chi connectivity index (χ1) is 5.65. The Kier molecular flexibility index (Phi) is 2.58. The Bertz CT molecular complexity index is 191. The highest BCUT2D eigenvalue weighted by Crippen LogP contribution is 2.12. The molecule has 0 unspecified atom stereocenters. The first kappa shape index (κ1) is 8.90. The SMILES string of the molecule is CCC(=O)OC1N(C)C=CN1C. The molecule has 0 saturated carbocycles. The highest BCUT2D eigenvalue weighted by Gasteiger charge is 2.23. The summed E-state index contributed by atoms with van der Waals surface area (Å²) in [6.07, 6.45) is 3.89. The van der Waals surface area contributed by atoms with Crippen molar-refractivity contribution < 1.29 is 9.53 Å². The quantitative estimate of drug-likeness (QED) is 0.567. The fraction of sp³-hybridized carbons (Fsp3) is 0.625. The number of hydrogen-bond acceptors (Lipinski definition) is 4. The van der Waals surface area contributed by atoms with Crippen molar-refractivity contribution >= 4 is 5.97 Å². The monoisotopic (exact) mass is 170 g/mol. The van der Waals surface area contributed by atoms with E-state index in [2.05, 4.69) is 0 Å². The fourth-order valence-corrected chi connectivity index (χ4v) is 1.01. The van der Waals surface area contributed by atoms with E-state index in [9.17, 15) is 4.79 Å². The van der Waals surface area contributed by atoms with Crippen LogP contribution in [0.4, 0.5) is 0 Å². The summed E-state index contributed by atoms with van der Waals surface area (Å²) in [4.78, 5) is 14.6. The van der Waals surface area contributed by atoms with Gasteiger partial charge in [0.05, 0.1) is 0 Å². The largest absolute Gasteiger partial charge is 0.422 e. The van der Waals surface area contributed by atoms with Crippen LogP contribution in [0.1, 0.15) is 13.3 Å². The van der Waals surface area contributed by atoms with E-state index in [-0.39, 0.29) is 12.3 Å². The molecule has 0 aromatic carbocycles. The average Bonchev–Trinajstić information content (AvgIpc) is 2.35. The summed E-state index contributed by atoms with van der Waals surface area (Å²) in [5.41, 5.74) is 0. The molecule has 0 aromatic rings. The minimum atomic E-state index is -0.266. The second-order valence-electron chi connectivity index (χ2n) is 2.80. The van der Waals surface area contributed by atoms with Crippen molar-refractivity contribution in [2.45, 2.75) is 19.7 Å². The van der Waals surface area contributed by atoms with Crippen molar-refractivity contribution in [2.24, 2.45) is 0 Å². The summed E-state index contributed by atoms with van der Waals surface area (Å²) in [5, 5.41) is 0. The summed E-state index contributed by atoms with van der Waals surface area (Å²) in [7, 11) is 3.74. The summed E-state index contributed by atoms with van der Waals surface area (Å²) >= 11 is 0. The van der Waals surface area contributed by atoms with Gasteiger partial charge in [-0.05, 0) is 0 Å². The molecule has 0 aliphatic carbocycles. The molecule has 0 fully saturated rings. The Morgan fingerprint density at radius 2 is 1.92 bits per heavy atom. The Balaban J connectivity index is 2.47. The summed E-state index contributed by atoms with van der Waals surface area (Å²) < 4.78 is 5.14. The van der Waals surface area contributed by atoms with Crippen molar-refractivity contribution in [2.75, 3.05) is 14.1 Å². The van der Waals surface area contributed by atoms with Crippen LogP contribution >= 0.6 is 0 Å². The first-order valence-corrected chi connectivity index (χ1v) is 3.97. The van der Waals surface area contributed by atoms with Crippen molar-refractivity contribution in [3.05, 3.63) is 12.4 Å². The van der Waals surface area contributed by atoms with Gasteiger partial charge >= 0.3 is 5.97 Å². The third kappa shape index (κ3) is 1.69. The number of rotatable bonds is 2. The molecule has 0 N–H and O–H groups in total. The molecule has 68 valence electrons. The van der Waals surface area contributed by atoms with Gasteiger partial charge in [0, 0.05) is 32.9 Å². The van der Waals surface area contributed by atoms with Gasteiger partial charge in [0.2, 0.25) is 0 Å². The topological polar surface area (TPSA) is 32.8 Å². The van der Waals surface area contributed by atoms with E-state index in [4.69, 9.17) is 4.74 Å². The summed E-state index contributed by atoms with van der Waals surface area (Å²) in [6.45, 7) is 1.78. The van der Waals surface area contributed by atoms with Crippen molar-refractivity contribution in [1.82, 2.24) is 9.80 Å². The molecule has 0 spiro atoms. The molecular weight excluding hydrogens is 156 g/mol. The second-order valence-corrected chi connectivity index (χ2v) is 2.80. The van der Waals surface area contributed by atoms with Gasteiger partial charge in [-0.25, -0.2) is 0 Å². The number of carbonyl (C=O) groups is 1. The van der Waals surface area contributed by atoms with Crippen LogP contribution in [0.15, 0.2) is 12.4 Å². The molecule has 1 aliphatic rings. The zero-order chi connectivity index (χ0) is 9.14. The van der Waals surface area contributed by atoms with Gasteiger partial charge in [0.15, 0.2) is 0 Å². The lowest BCUT2D eigenvalue weighted by molar-refractivity contribution is -0.165. The minimum absolute atomic E-state index is 0.178. The maximum atomic E-state index is 11.0. The second kappa shape index (κ2) is 3.47. The van der Waals surface area contributed by atoms with Crippen LogP contribution in [0.2, 0.25) is 0 Å². The predicted octanol–water partition coefficient (Wildman–Crippen LogP) is 0.572. The number of hydrogen-bond donors (Lipinski definition) is 0. The normalized spacial score (nSPS) is 17.2. The van der Waals surface area contributed by atoms with Gasteiger partial charge in [-0.2, -0.15) is 0 Å². The number of ether oxygens (including phenoxy) is 1. The third-order valence-electron chi connectivity index (χ3n) is 1.76. The number of esters is 1. The lowest BCUT2D eigenvalue weighted by Gasteiger charge is -2.26. The lowest BCUT2D eigenvalue weighted by Crippen LogP contribution is -2.38. The van der Waals surface area contributed by atoms with Gasteiger partial charge in [0.25, 0.3) is 6.35 Å². The van der Waals surface area contributed by atoms with Crippen molar-refractivity contribution in [3.63, 3.8) is 0 Å². The van der Waals surface area contributed by atoms with E-state index in [1.165, 1.54) is 0 Å². The van der Waals surface area contributed by atoms with Gasteiger partial charge in [-0.1, -0.05) is 6.92 Å². The van der Waals surface area contributed by atoms with Crippen LogP contribution in [-0.4, -0.2) is 36.2 Å². The molecule has 0 saturated heterocycles. The molecule has 1 rings (SSSR count). The molecule has 12 heavy (non-hydrogen) atoms. The van der Waals surface area contributed by atoms with E-state index < -0.39 is 0 Å². The van der Waals surface area contributed by atoms with Crippen LogP contribution in [-0.2, 0) is 9.53 Å². The maximum Gasteiger partial charge on any atom is 0.308 e. The molecule has 0 atom stereocenters. The lowest BCUT2D eigenvalue weighted by atomic mass is 10.5. The third-order valence-corrected chi connectivity index (χ3v) is 1.76. The molecule has 1 aliphatic heterocycles. The van der Waals surface area contributed by atoms with Crippen LogP contribution in [0, 0.1) is 0 Å². The van der Waals surface area contributed by atoms with E-state index in [0.717, 1.165) is 0 Å². The van der Waals surface area contributed by atoms with Crippen LogP contribution in [0.5, 0.6) is 0 Å². The minimum Gasteiger partial charge on any atom is -0.422 e. The smallest absolute Gasteiger partial charge is 0.308 e. The maximum absolute atomic E-state index is 11.0. The Morgan fingerprint density at radius 3 is 2.33 bits per heavy atom. The molecule has 4 heteroatoms. The molecule has 0 amide bonds. The fourth-order valence-electron chi connectivity index (χ4n) is 1.01. The predicted molar refractivity (Wildman–Crippen MR) is 44.8 cm³/mol. The van der Waals surface area contributed by atoms with Gasteiger partial charge in [-0.3, -0.25) is 4.79 Å². The molecule has 4 nitrogen and oxygen atoms in total.